The van der Waals surface area contributed by atoms with E-state index in [-0.39, 0.29) is 0 Å². The third-order valence-electron chi connectivity index (χ3n) is 5.79. The Hall–Kier alpha value is -1.95. The van der Waals surface area contributed by atoms with Gasteiger partial charge in [0.05, 0.1) is 11.4 Å². The van der Waals surface area contributed by atoms with Crippen molar-refractivity contribution in [3.63, 3.8) is 0 Å². The Morgan fingerprint density at radius 2 is 1.96 bits per heavy atom. The minimum atomic E-state index is 0.988. The number of piperazine rings is 1. The largest absolute Gasteiger partial charge is 0.301 e. The fourth-order valence-corrected chi connectivity index (χ4v) is 4.86. The zero-order valence-corrected chi connectivity index (χ0v) is 16.0. The number of nitrogens with one attached hydrogen (secondary N) is 1. The van der Waals surface area contributed by atoms with Gasteiger partial charge >= 0.3 is 0 Å². The average molecular weight is 365 g/mol. The Bertz CT molecular complexity index is 904. The number of H-pyrrole nitrogens is 1. The maximum atomic E-state index is 4.61. The lowest BCUT2D eigenvalue weighted by Crippen LogP contribution is -2.45. The minimum absolute atomic E-state index is 0.988. The van der Waals surface area contributed by atoms with Crippen molar-refractivity contribution in [1.29, 1.82) is 0 Å². The molecule has 2 aliphatic rings. The van der Waals surface area contributed by atoms with E-state index in [1.807, 2.05) is 0 Å². The molecular weight excluding hydrogens is 340 g/mol. The number of aromatic nitrogens is 2. The summed E-state index contributed by atoms with van der Waals surface area (Å²) in [7, 11) is 0. The molecule has 1 aliphatic carbocycles. The van der Waals surface area contributed by atoms with Crippen molar-refractivity contribution < 1.29 is 0 Å². The maximum absolute atomic E-state index is 4.61. The van der Waals surface area contributed by atoms with E-state index in [0.29, 0.717) is 0 Å². The fourth-order valence-electron chi connectivity index (χ4n) is 4.22. The lowest BCUT2D eigenvalue weighted by Gasteiger charge is -2.34. The first-order chi connectivity index (χ1) is 12.8. The van der Waals surface area contributed by atoms with Crippen molar-refractivity contribution >= 4 is 11.3 Å². The molecule has 1 fully saturated rings. The molecular formula is C21H24N4S. The Labute approximate surface area is 158 Å². The summed E-state index contributed by atoms with van der Waals surface area (Å²) in [6, 6.07) is 9.17. The summed E-state index contributed by atoms with van der Waals surface area (Å²) in [6.07, 6.45) is 0.988. The highest BCUT2D eigenvalue weighted by molar-refractivity contribution is 7.08. The van der Waals surface area contributed by atoms with Gasteiger partial charge in [-0.05, 0) is 35.2 Å². The van der Waals surface area contributed by atoms with Gasteiger partial charge in [0, 0.05) is 61.2 Å². The summed E-state index contributed by atoms with van der Waals surface area (Å²) < 4.78 is 0. The van der Waals surface area contributed by atoms with Crippen LogP contribution in [0.5, 0.6) is 0 Å². The second-order valence-corrected chi connectivity index (χ2v) is 8.10. The smallest absolute Gasteiger partial charge is 0.0970 e. The van der Waals surface area contributed by atoms with Crippen molar-refractivity contribution in [2.24, 2.45) is 0 Å². The third kappa shape index (κ3) is 2.80. The van der Waals surface area contributed by atoms with Gasteiger partial charge in [0.25, 0.3) is 0 Å². The molecule has 0 spiro atoms. The fraction of sp³-hybridized carbons (Fsp3) is 0.381. The van der Waals surface area contributed by atoms with Crippen molar-refractivity contribution in [3.05, 3.63) is 51.7 Å². The van der Waals surface area contributed by atoms with Crippen LogP contribution in [-0.4, -0.2) is 52.7 Å². The molecule has 5 rings (SSSR count). The molecule has 1 aliphatic heterocycles. The molecule has 1 aromatic carbocycles. The lowest BCUT2D eigenvalue weighted by atomic mass is 10.0. The molecule has 1 saturated heterocycles. The number of hydrogen-bond acceptors (Lipinski definition) is 4. The number of rotatable bonds is 4. The predicted molar refractivity (Wildman–Crippen MR) is 108 cm³/mol. The first kappa shape index (κ1) is 16.2. The van der Waals surface area contributed by atoms with Crippen LogP contribution in [0.3, 0.4) is 0 Å². The molecule has 0 amide bonds. The van der Waals surface area contributed by atoms with Gasteiger partial charge in [0.1, 0.15) is 0 Å². The third-order valence-corrected chi connectivity index (χ3v) is 6.47. The highest BCUT2D eigenvalue weighted by Gasteiger charge is 2.26. The van der Waals surface area contributed by atoms with Gasteiger partial charge < -0.3 is 4.90 Å². The van der Waals surface area contributed by atoms with Crippen LogP contribution in [0.25, 0.3) is 22.5 Å². The van der Waals surface area contributed by atoms with Crippen molar-refractivity contribution in [2.75, 3.05) is 32.7 Å². The Morgan fingerprint density at radius 3 is 2.73 bits per heavy atom. The molecule has 0 saturated carbocycles. The predicted octanol–water partition coefficient (Wildman–Crippen LogP) is 3.85. The Kier molecular flexibility index (Phi) is 4.15. The van der Waals surface area contributed by atoms with E-state index < -0.39 is 0 Å². The molecule has 3 heterocycles. The van der Waals surface area contributed by atoms with E-state index in [4.69, 9.17) is 0 Å². The summed E-state index contributed by atoms with van der Waals surface area (Å²) in [6.45, 7) is 9.19. The number of fused-ring (bicyclic) bond motifs is 3. The molecule has 1 N–H and O–H groups in total. The molecule has 3 aromatic rings. The summed E-state index contributed by atoms with van der Waals surface area (Å²) in [5, 5.41) is 12.2. The molecule has 26 heavy (non-hydrogen) atoms. The normalized spacial score (nSPS) is 17.4. The van der Waals surface area contributed by atoms with Crippen molar-refractivity contribution in [3.8, 4) is 22.5 Å². The second kappa shape index (κ2) is 6.65. The van der Waals surface area contributed by atoms with Crippen LogP contribution < -0.4 is 0 Å². The van der Waals surface area contributed by atoms with Crippen LogP contribution in [0.4, 0.5) is 0 Å². The lowest BCUT2D eigenvalue weighted by molar-refractivity contribution is 0.132. The number of hydrogen-bond donors (Lipinski definition) is 1. The van der Waals surface area contributed by atoms with Crippen LogP contribution in [0.15, 0.2) is 35.0 Å². The van der Waals surface area contributed by atoms with Crippen LogP contribution in [0.1, 0.15) is 23.6 Å². The van der Waals surface area contributed by atoms with Crippen molar-refractivity contribution in [2.45, 2.75) is 19.9 Å². The number of likely N-dealkylation sites (N-methyl/N-ethyl adjacent to an activating group) is 1. The first-order valence-corrected chi connectivity index (χ1v) is 10.4. The van der Waals surface area contributed by atoms with E-state index in [2.05, 4.69) is 61.9 Å². The van der Waals surface area contributed by atoms with E-state index in [1.54, 1.807) is 11.3 Å². The number of thiophene rings is 1. The summed E-state index contributed by atoms with van der Waals surface area (Å²) in [5.41, 5.74) is 9.10. The standard InChI is InChI=1S/C21H24N4S/c1-2-24-6-8-25(9-7-24)13-15-3-4-16-12-19-20(17-5-10-26-14-17)22-23-21(19)18(16)11-15/h3-5,10-11,14H,2,6-9,12-13H2,1H3,(H,22,23). The maximum Gasteiger partial charge on any atom is 0.0970 e. The molecule has 0 atom stereocenters. The van der Waals surface area contributed by atoms with Gasteiger partial charge in [-0.3, -0.25) is 10.00 Å². The molecule has 0 unspecified atom stereocenters. The second-order valence-electron chi connectivity index (χ2n) is 7.32. The minimum Gasteiger partial charge on any atom is -0.301 e. The zero-order valence-electron chi connectivity index (χ0n) is 15.2. The van der Waals surface area contributed by atoms with Crippen LogP contribution >= 0.6 is 11.3 Å². The summed E-state index contributed by atoms with van der Waals surface area (Å²) in [4.78, 5) is 5.11. The van der Waals surface area contributed by atoms with Gasteiger partial charge in [-0.2, -0.15) is 16.4 Å². The van der Waals surface area contributed by atoms with Gasteiger partial charge in [-0.15, -0.1) is 0 Å². The zero-order chi connectivity index (χ0) is 17.5. The molecule has 2 aromatic heterocycles. The molecule has 134 valence electrons. The quantitative estimate of drug-likeness (QED) is 0.597. The molecule has 5 heteroatoms. The van der Waals surface area contributed by atoms with Crippen LogP contribution in [0.2, 0.25) is 0 Å². The SMILES string of the molecule is CCN1CCN(Cc2ccc3c(c2)-c2[nH]nc(-c4ccsc4)c2C3)CC1. The number of benzene rings is 1. The van der Waals surface area contributed by atoms with E-state index in [1.165, 1.54) is 66.2 Å². The van der Waals surface area contributed by atoms with Crippen molar-refractivity contribution in [1.82, 2.24) is 20.0 Å². The van der Waals surface area contributed by atoms with E-state index in [0.717, 1.165) is 18.7 Å². The average Bonchev–Trinajstić information content (AvgIpc) is 3.39. The Balaban J connectivity index is 1.38. The van der Waals surface area contributed by atoms with Gasteiger partial charge in [0.15, 0.2) is 0 Å². The van der Waals surface area contributed by atoms with Gasteiger partial charge in [-0.25, -0.2) is 0 Å². The number of nitrogens with zero attached hydrogens (tertiary/aromatic N) is 3. The number of aromatic amines is 1. The first-order valence-electron chi connectivity index (χ1n) is 9.48. The molecule has 0 bridgehead atoms. The summed E-state index contributed by atoms with van der Waals surface area (Å²) >= 11 is 1.73. The monoisotopic (exact) mass is 364 g/mol. The molecule has 4 nitrogen and oxygen atoms in total. The topological polar surface area (TPSA) is 35.2 Å². The highest BCUT2D eigenvalue weighted by Crippen LogP contribution is 2.40. The van der Waals surface area contributed by atoms with Gasteiger partial charge in [0.2, 0.25) is 0 Å². The van der Waals surface area contributed by atoms with E-state index >= 15 is 0 Å². The summed E-state index contributed by atoms with van der Waals surface area (Å²) in [5.74, 6) is 0. The van der Waals surface area contributed by atoms with Crippen LogP contribution in [-0.2, 0) is 13.0 Å². The van der Waals surface area contributed by atoms with Gasteiger partial charge in [-0.1, -0.05) is 19.1 Å². The van der Waals surface area contributed by atoms with E-state index in [9.17, 15) is 0 Å². The molecule has 0 radical (unpaired) electrons. The van der Waals surface area contributed by atoms with Crippen LogP contribution in [0, 0.1) is 0 Å². The highest BCUT2D eigenvalue weighted by atomic mass is 32.1. The Morgan fingerprint density at radius 1 is 1.12 bits per heavy atom.